The van der Waals surface area contributed by atoms with Gasteiger partial charge in [-0.3, -0.25) is 19.2 Å². The average Bonchev–Trinajstić information content (AvgIpc) is 3.32. The summed E-state index contributed by atoms with van der Waals surface area (Å²) in [4.78, 5) is 50.9. The number of aromatic nitrogens is 1. The summed E-state index contributed by atoms with van der Waals surface area (Å²) in [6.45, 7) is 2.19. The van der Waals surface area contributed by atoms with Crippen molar-refractivity contribution in [3.63, 3.8) is 0 Å². The minimum atomic E-state index is -0.740. The molecule has 2 aliphatic carbocycles. The molecule has 178 valence electrons. The molecule has 1 aromatic heterocycles. The molecule has 4 N–H and O–H groups in total. The summed E-state index contributed by atoms with van der Waals surface area (Å²) < 4.78 is 15.2. The van der Waals surface area contributed by atoms with Crippen LogP contribution in [0.15, 0.2) is 18.2 Å². The molecule has 1 aromatic carbocycles. The van der Waals surface area contributed by atoms with Crippen molar-refractivity contribution in [2.24, 2.45) is 17.1 Å². The second kappa shape index (κ2) is 7.94. The number of hydrogen-bond donors (Lipinski definition) is 3. The van der Waals surface area contributed by atoms with Crippen LogP contribution in [0.4, 0.5) is 10.1 Å². The van der Waals surface area contributed by atoms with E-state index in [-0.39, 0.29) is 28.5 Å². The summed E-state index contributed by atoms with van der Waals surface area (Å²) in [6.07, 6.45) is 3.28. The summed E-state index contributed by atoms with van der Waals surface area (Å²) >= 11 is 5.81. The van der Waals surface area contributed by atoms with Gasteiger partial charge in [-0.05, 0) is 68.7 Å². The lowest BCUT2D eigenvalue weighted by Gasteiger charge is -2.61. The molecule has 2 aromatic rings. The van der Waals surface area contributed by atoms with E-state index in [1.807, 2.05) is 0 Å². The van der Waals surface area contributed by atoms with Gasteiger partial charge in [-0.25, -0.2) is 4.39 Å². The van der Waals surface area contributed by atoms with Crippen molar-refractivity contribution in [1.82, 2.24) is 9.88 Å². The normalized spacial score (nSPS) is 24.3. The first-order valence-electron chi connectivity index (χ1n) is 11.3. The van der Waals surface area contributed by atoms with Crippen molar-refractivity contribution >= 4 is 40.8 Å². The van der Waals surface area contributed by atoms with E-state index >= 15 is 0 Å². The van der Waals surface area contributed by atoms with Crippen LogP contribution in [-0.2, 0) is 22.6 Å². The second-order valence-electron chi connectivity index (χ2n) is 9.41. The van der Waals surface area contributed by atoms with Gasteiger partial charge in [-0.2, -0.15) is 0 Å². The Bertz CT molecular complexity index is 1270. The molecule has 3 unspecified atom stereocenters. The average molecular weight is 487 g/mol. The highest BCUT2D eigenvalue weighted by Gasteiger charge is 2.64. The standard InChI is InChI=1S/C24H24ClFN4O4/c1-11-18(20(31)22(33)29-16-10-24(23(27)34)7-6-13(16)24)17-3-2-8-30(17)19(11)21(32)28-12-4-5-15(26)14(25)9-12/h4-5,9,13,16H,2-3,6-8,10H2,1H3,(H2,27,34)(H,28,32)(H,29,33). The van der Waals surface area contributed by atoms with Crippen molar-refractivity contribution in [2.45, 2.75) is 51.6 Å². The fraction of sp³-hybridized carbons (Fsp3) is 0.417. The number of nitrogens with zero attached hydrogens (tertiary/aromatic N) is 1. The molecular weight excluding hydrogens is 463 g/mol. The fourth-order valence-corrected chi connectivity index (χ4v) is 6.04. The lowest BCUT2D eigenvalue weighted by molar-refractivity contribution is -0.162. The molecule has 0 spiro atoms. The molecule has 5 rings (SSSR count). The molecule has 3 aliphatic rings. The van der Waals surface area contributed by atoms with Gasteiger partial charge in [0.2, 0.25) is 5.91 Å². The zero-order valence-corrected chi connectivity index (χ0v) is 19.3. The van der Waals surface area contributed by atoms with Crippen LogP contribution in [-0.4, -0.2) is 34.1 Å². The van der Waals surface area contributed by atoms with Gasteiger partial charge < -0.3 is 20.9 Å². The van der Waals surface area contributed by atoms with Gasteiger partial charge in [-0.1, -0.05) is 11.6 Å². The van der Waals surface area contributed by atoms with E-state index in [2.05, 4.69) is 10.6 Å². The molecule has 0 radical (unpaired) electrons. The van der Waals surface area contributed by atoms with Crippen LogP contribution in [0.2, 0.25) is 5.02 Å². The van der Waals surface area contributed by atoms with Gasteiger partial charge in [0.25, 0.3) is 17.6 Å². The first kappa shape index (κ1) is 22.6. The summed E-state index contributed by atoms with van der Waals surface area (Å²) in [5, 5.41) is 5.35. The van der Waals surface area contributed by atoms with Crippen LogP contribution in [0, 0.1) is 24.1 Å². The first-order valence-corrected chi connectivity index (χ1v) is 11.7. The first-order chi connectivity index (χ1) is 16.1. The maximum atomic E-state index is 13.5. The third-order valence-corrected chi connectivity index (χ3v) is 8.01. The Morgan fingerprint density at radius 1 is 1.26 bits per heavy atom. The molecule has 2 fully saturated rings. The molecule has 1 aliphatic heterocycles. The van der Waals surface area contributed by atoms with E-state index < -0.39 is 28.8 Å². The summed E-state index contributed by atoms with van der Waals surface area (Å²) in [7, 11) is 0. The minimum absolute atomic E-state index is 0.0218. The number of Topliss-reactive ketones (excluding diaryl/α,β-unsaturated/α-hetero) is 1. The number of carbonyl (C=O) groups is 4. The predicted octanol–water partition coefficient (Wildman–Crippen LogP) is 2.74. The number of hydrogen-bond acceptors (Lipinski definition) is 4. The highest BCUT2D eigenvalue weighted by atomic mass is 35.5. The van der Waals surface area contributed by atoms with Crippen LogP contribution in [0.3, 0.4) is 0 Å². The monoisotopic (exact) mass is 486 g/mol. The Balaban J connectivity index is 1.36. The Morgan fingerprint density at radius 3 is 2.65 bits per heavy atom. The molecule has 2 heterocycles. The summed E-state index contributed by atoms with van der Waals surface area (Å²) in [6, 6.07) is 3.61. The van der Waals surface area contributed by atoms with Gasteiger partial charge in [0.05, 0.1) is 16.0 Å². The van der Waals surface area contributed by atoms with Crippen LogP contribution in [0.1, 0.15) is 57.8 Å². The molecule has 0 saturated heterocycles. The number of benzene rings is 1. The molecule has 10 heteroatoms. The number of carbonyl (C=O) groups excluding carboxylic acids is 4. The van der Waals surface area contributed by atoms with Crippen molar-refractivity contribution in [2.75, 3.05) is 5.32 Å². The lowest BCUT2D eigenvalue weighted by atomic mass is 9.45. The zero-order valence-electron chi connectivity index (χ0n) is 18.5. The fourth-order valence-electron chi connectivity index (χ4n) is 5.86. The Labute approximate surface area is 200 Å². The summed E-state index contributed by atoms with van der Waals surface area (Å²) in [5.74, 6) is -2.87. The highest BCUT2D eigenvalue weighted by Crippen LogP contribution is 2.60. The van der Waals surface area contributed by atoms with E-state index in [1.165, 1.54) is 12.1 Å². The van der Waals surface area contributed by atoms with Gasteiger partial charge in [0.15, 0.2) is 0 Å². The number of primary amides is 1. The van der Waals surface area contributed by atoms with E-state index in [0.29, 0.717) is 42.0 Å². The third kappa shape index (κ3) is 3.25. The smallest absolute Gasteiger partial charge is 0.292 e. The molecule has 0 bridgehead atoms. The maximum absolute atomic E-state index is 13.5. The number of amides is 3. The van der Waals surface area contributed by atoms with Gasteiger partial charge >= 0.3 is 0 Å². The lowest BCUT2D eigenvalue weighted by Crippen LogP contribution is -2.69. The van der Waals surface area contributed by atoms with Crippen molar-refractivity contribution in [1.29, 1.82) is 0 Å². The number of nitrogens with one attached hydrogen (secondary N) is 2. The number of rotatable bonds is 6. The van der Waals surface area contributed by atoms with Crippen molar-refractivity contribution in [3.05, 3.63) is 51.6 Å². The maximum Gasteiger partial charge on any atom is 0.292 e. The van der Waals surface area contributed by atoms with Crippen LogP contribution >= 0.6 is 11.6 Å². The largest absolute Gasteiger partial charge is 0.369 e. The Hall–Kier alpha value is -3.20. The Morgan fingerprint density at radius 2 is 2.03 bits per heavy atom. The van der Waals surface area contributed by atoms with E-state index in [4.69, 9.17) is 17.3 Å². The van der Waals surface area contributed by atoms with E-state index in [0.717, 1.165) is 25.3 Å². The molecule has 34 heavy (non-hydrogen) atoms. The van der Waals surface area contributed by atoms with E-state index in [1.54, 1.807) is 11.5 Å². The SMILES string of the molecule is Cc1c(C(=O)C(=O)NC2CC3(C(N)=O)CCC23)c2n(c1C(=O)Nc1ccc(F)c(Cl)c1)CCC2. The van der Waals surface area contributed by atoms with Crippen LogP contribution in [0.25, 0.3) is 0 Å². The number of nitrogens with two attached hydrogens (primary N) is 1. The van der Waals surface area contributed by atoms with Crippen LogP contribution in [0.5, 0.6) is 0 Å². The topological polar surface area (TPSA) is 123 Å². The number of ketones is 1. The van der Waals surface area contributed by atoms with Crippen molar-refractivity contribution in [3.8, 4) is 0 Å². The molecule has 2 saturated carbocycles. The number of halogens is 2. The van der Waals surface area contributed by atoms with Crippen molar-refractivity contribution < 1.29 is 23.6 Å². The quantitative estimate of drug-likeness (QED) is 0.429. The molecule has 3 amide bonds. The van der Waals surface area contributed by atoms with E-state index in [9.17, 15) is 23.6 Å². The third-order valence-electron chi connectivity index (χ3n) is 7.72. The second-order valence-corrected chi connectivity index (χ2v) is 9.82. The molecule has 3 atom stereocenters. The van der Waals surface area contributed by atoms with Crippen LogP contribution < -0.4 is 16.4 Å². The predicted molar refractivity (Wildman–Crippen MR) is 122 cm³/mol. The Kier molecular flexibility index (Phi) is 5.27. The number of anilines is 1. The molecular formula is C24H24ClFN4O4. The van der Waals surface area contributed by atoms with Gasteiger partial charge in [0.1, 0.15) is 11.5 Å². The van der Waals surface area contributed by atoms with Gasteiger partial charge in [-0.15, -0.1) is 0 Å². The highest BCUT2D eigenvalue weighted by molar-refractivity contribution is 6.43. The minimum Gasteiger partial charge on any atom is -0.369 e. The van der Waals surface area contributed by atoms with Gasteiger partial charge in [0, 0.05) is 24.0 Å². The number of fused-ring (bicyclic) bond motifs is 2. The zero-order chi connectivity index (χ0) is 24.4. The molecule has 8 nitrogen and oxygen atoms in total. The summed E-state index contributed by atoms with van der Waals surface area (Å²) in [5.41, 5.74) is 6.90.